The largest absolute Gasteiger partial charge is 0.237 e. The Morgan fingerprint density at radius 2 is 1.38 bits per heavy atom. The minimum Gasteiger partial charge on any atom is -0.237 e. The number of fused-ring (bicyclic) bond motifs is 2. The molecule has 0 amide bonds. The third kappa shape index (κ3) is 1.18. The molecule has 2 aliphatic heterocycles. The van der Waals surface area contributed by atoms with Crippen LogP contribution in [-0.4, -0.2) is 23.1 Å². The molecule has 3 rings (SSSR count). The van der Waals surface area contributed by atoms with Crippen molar-refractivity contribution in [1.29, 1.82) is 0 Å². The normalized spacial score (nSPS) is 22.8. The van der Waals surface area contributed by atoms with E-state index in [1.54, 1.807) is 0 Å². The van der Waals surface area contributed by atoms with Gasteiger partial charge in [-0.05, 0) is 17.5 Å². The molecule has 13 heavy (non-hydrogen) atoms. The third-order valence-electron chi connectivity index (χ3n) is 3.06. The highest BCUT2D eigenvalue weighted by Gasteiger charge is 2.26. The molecule has 0 atom stereocenters. The monoisotopic (exact) mass is 174 g/mol. The minimum absolute atomic E-state index is 1.12. The van der Waals surface area contributed by atoms with Crippen LogP contribution in [-0.2, 0) is 13.1 Å². The maximum absolute atomic E-state index is 2.47. The van der Waals surface area contributed by atoms with E-state index in [0.717, 1.165) is 13.1 Å². The number of benzene rings is 1. The maximum atomic E-state index is 2.47. The summed E-state index contributed by atoms with van der Waals surface area (Å²) in [4.78, 5) is 0. The summed E-state index contributed by atoms with van der Waals surface area (Å²) in [7, 11) is 0. The van der Waals surface area contributed by atoms with E-state index in [9.17, 15) is 0 Å². The Balaban J connectivity index is 1.97. The van der Waals surface area contributed by atoms with Gasteiger partial charge in [0.1, 0.15) is 0 Å². The van der Waals surface area contributed by atoms with Crippen LogP contribution in [0.1, 0.15) is 17.5 Å². The van der Waals surface area contributed by atoms with Crippen LogP contribution in [0.5, 0.6) is 0 Å². The highest BCUT2D eigenvalue weighted by atomic mass is 15.6. The van der Waals surface area contributed by atoms with E-state index >= 15 is 0 Å². The zero-order valence-electron chi connectivity index (χ0n) is 7.74. The van der Waals surface area contributed by atoms with E-state index in [0.29, 0.717) is 0 Å². The molecular weight excluding hydrogens is 160 g/mol. The highest BCUT2D eigenvalue weighted by molar-refractivity contribution is 5.28. The van der Waals surface area contributed by atoms with Crippen molar-refractivity contribution in [2.24, 2.45) is 0 Å². The van der Waals surface area contributed by atoms with Gasteiger partial charge < -0.3 is 0 Å². The summed E-state index contributed by atoms with van der Waals surface area (Å²) in [6, 6.07) is 8.80. The van der Waals surface area contributed by atoms with Crippen LogP contribution in [0.3, 0.4) is 0 Å². The Hall–Kier alpha value is -0.860. The van der Waals surface area contributed by atoms with Crippen molar-refractivity contribution in [1.82, 2.24) is 10.0 Å². The van der Waals surface area contributed by atoms with Crippen LogP contribution in [0.25, 0.3) is 0 Å². The van der Waals surface area contributed by atoms with Crippen molar-refractivity contribution in [3.63, 3.8) is 0 Å². The lowest BCUT2D eigenvalue weighted by Crippen LogP contribution is -2.39. The van der Waals surface area contributed by atoms with E-state index in [4.69, 9.17) is 0 Å². The zero-order chi connectivity index (χ0) is 8.67. The molecule has 0 aliphatic carbocycles. The van der Waals surface area contributed by atoms with Gasteiger partial charge in [0.05, 0.1) is 0 Å². The van der Waals surface area contributed by atoms with Crippen LogP contribution >= 0.6 is 0 Å². The van der Waals surface area contributed by atoms with E-state index in [1.165, 1.54) is 30.6 Å². The second-order valence-corrected chi connectivity index (χ2v) is 3.90. The molecule has 1 fully saturated rings. The number of rotatable bonds is 0. The molecule has 68 valence electrons. The highest BCUT2D eigenvalue weighted by Crippen LogP contribution is 2.25. The fraction of sp³-hybridized carbons (Fsp3) is 0.455. The Morgan fingerprint density at radius 1 is 0.846 bits per heavy atom. The van der Waals surface area contributed by atoms with Crippen molar-refractivity contribution in [3.05, 3.63) is 35.4 Å². The van der Waals surface area contributed by atoms with Gasteiger partial charge in [0.25, 0.3) is 0 Å². The summed E-state index contributed by atoms with van der Waals surface area (Å²) >= 11 is 0. The van der Waals surface area contributed by atoms with E-state index in [-0.39, 0.29) is 0 Å². The average molecular weight is 174 g/mol. The van der Waals surface area contributed by atoms with Crippen molar-refractivity contribution in [2.75, 3.05) is 13.1 Å². The summed E-state index contributed by atoms with van der Waals surface area (Å²) in [5.41, 5.74) is 3.03. The Kier molecular flexibility index (Phi) is 1.64. The van der Waals surface area contributed by atoms with Crippen molar-refractivity contribution in [2.45, 2.75) is 19.5 Å². The van der Waals surface area contributed by atoms with E-state index < -0.39 is 0 Å². The molecule has 0 unspecified atom stereocenters. The molecule has 0 spiro atoms. The van der Waals surface area contributed by atoms with Crippen LogP contribution in [0.2, 0.25) is 0 Å². The van der Waals surface area contributed by atoms with Gasteiger partial charge in [0, 0.05) is 26.2 Å². The fourth-order valence-electron chi connectivity index (χ4n) is 2.34. The van der Waals surface area contributed by atoms with Gasteiger partial charge >= 0.3 is 0 Å². The average Bonchev–Trinajstić information content (AvgIpc) is 2.61. The first-order valence-electron chi connectivity index (χ1n) is 5.00. The Labute approximate surface area is 78.7 Å². The lowest BCUT2D eigenvalue weighted by molar-refractivity contribution is -0.00179. The van der Waals surface area contributed by atoms with Gasteiger partial charge in [-0.3, -0.25) is 0 Å². The number of hydrazine groups is 1. The molecule has 2 heteroatoms. The molecule has 0 saturated carbocycles. The van der Waals surface area contributed by atoms with Crippen molar-refractivity contribution in [3.8, 4) is 0 Å². The summed E-state index contributed by atoms with van der Waals surface area (Å²) in [6.45, 7) is 4.73. The number of hydrogen-bond donors (Lipinski definition) is 0. The molecule has 0 bridgehead atoms. The Morgan fingerprint density at radius 3 is 1.92 bits per heavy atom. The smallest absolute Gasteiger partial charge is 0.0387 e. The van der Waals surface area contributed by atoms with Gasteiger partial charge in [-0.25, -0.2) is 10.0 Å². The quantitative estimate of drug-likeness (QED) is 0.589. The minimum atomic E-state index is 1.12. The summed E-state index contributed by atoms with van der Waals surface area (Å²) < 4.78 is 0. The molecule has 0 aromatic heterocycles. The predicted molar refractivity (Wildman–Crippen MR) is 51.9 cm³/mol. The first-order chi connectivity index (χ1) is 6.43. The van der Waals surface area contributed by atoms with Gasteiger partial charge in [-0.2, -0.15) is 0 Å². The maximum Gasteiger partial charge on any atom is 0.0387 e. The lowest BCUT2D eigenvalue weighted by Gasteiger charge is -2.33. The van der Waals surface area contributed by atoms with Gasteiger partial charge in [0.2, 0.25) is 0 Å². The van der Waals surface area contributed by atoms with Gasteiger partial charge in [-0.1, -0.05) is 24.3 Å². The van der Waals surface area contributed by atoms with Crippen molar-refractivity contribution < 1.29 is 0 Å². The van der Waals surface area contributed by atoms with E-state index in [1.807, 2.05) is 0 Å². The zero-order valence-corrected chi connectivity index (χ0v) is 7.74. The molecule has 1 aromatic rings. The molecule has 2 aliphatic rings. The van der Waals surface area contributed by atoms with Crippen molar-refractivity contribution >= 4 is 0 Å². The van der Waals surface area contributed by atoms with Gasteiger partial charge in [-0.15, -0.1) is 0 Å². The second-order valence-electron chi connectivity index (χ2n) is 3.90. The predicted octanol–water partition coefficient (Wildman–Crippen LogP) is 1.62. The fourth-order valence-corrected chi connectivity index (χ4v) is 2.34. The molecule has 1 aromatic carbocycles. The first-order valence-corrected chi connectivity index (χ1v) is 5.00. The summed E-state index contributed by atoms with van der Waals surface area (Å²) in [6.07, 6.45) is 1.33. The molecule has 2 nitrogen and oxygen atoms in total. The van der Waals surface area contributed by atoms with Crippen LogP contribution < -0.4 is 0 Å². The molecule has 1 saturated heterocycles. The molecule has 2 heterocycles. The summed E-state index contributed by atoms with van der Waals surface area (Å²) in [5.74, 6) is 0. The van der Waals surface area contributed by atoms with Gasteiger partial charge in [0.15, 0.2) is 0 Å². The number of hydrogen-bond acceptors (Lipinski definition) is 2. The molecule has 0 radical (unpaired) electrons. The lowest BCUT2D eigenvalue weighted by atomic mass is 10.1. The van der Waals surface area contributed by atoms with Crippen LogP contribution in [0, 0.1) is 0 Å². The topological polar surface area (TPSA) is 6.48 Å². The van der Waals surface area contributed by atoms with Crippen LogP contribution in [0.15, 0.2) is 24.3 Å². The third-order valence-corrected chi connectivity index (χ3v) is 3.06. The SMILES string of the molecule is c1ccc2c(c1)CN1CCCN1C2. The Bertz CT molecular complexity index is 291. The molecule has 0 N–H and O–H groups in total. The number of nitrogens with zero attached hydrogens (tertiary/aromatic N) is 2. The standard InChI is InChI=1S/C11H14N2/c1-2-5-11-9-13-7-3-6-12(13)8-10(11)4-1/h1-2,4-5H,3,6-9H2. The van der Waals surface area contributed by atoms with Crippen LogP contribution in [0.4, 0.5) is 0 Å². The first kappa shape index (κ1) is 7.54. The second kappa shape index (κ2) is 2.82. The molecular formula is C11H14N2. The summed E-state index contributed by atoms with van der Waals surface area (Å²) in [5, 5.41) is 4.95. The van der Waals surface area contributed by atoms with E-state index in [2.05, 4.69) is 34.3 Å².